The molecular weight excluding hydrogens is 408 g/mol. The van der Waals surface area contributed by atoms with E-state index in [4.69, 9.17) is 16.1 Å². The van der Waals surface area contributed by atoms with Crippen LogP contribution in [0.5, 0.6) is 0 Å². The van der Waals surface area contributed by atoms with E-state index in [0.717, 1.165) is 36.5 Å². The van der Waals surface area contributed by atoms with Gasteiger partial charge in [0.25, 0.3) is 5.91 Å². The molecule has 0 atom stereocenters. The van der Waals surface area contributed by atoms with E-state index < -0.39 is 0 Å². The molecule has 0 spiro atoms. The smallest absolute Gasteiger partial charge is 0.268 e. The first-order valence-electron chi connectivity index (χ1n) is 9.91. The normalized spacial score (nSPS) is 15.9. The fraction of sp³-hybridized carbons (Fsp3) is 0.429. The summed E-state index contributed by atoms with van der Waals surface area (Å²) in [5, 5.41) is 7.35. The van der Waals surface area contributed by atoms with Gasteiger partial charge in [-0.25, -0.2) is 0 Å². The van der Waals surface area contributed by atoms with Crippen LogP contribution in [-0.2, 0) is 6.54 Å². The third-order valence-electron chi connectivity index (χ3n) is 5.36. The number of nitrogens with zero attached hydrogens (tertiary/aromatic N) is 3. The van der Waals surface area contributed by atoms with E-state index in [2.05, 4.69) is 29.2 Å². The zero-order valence-corrected chi connectivity index (χ0v) is 18.2. The molecule has 1 aliphatic heterocycles. The van der Waals surface area contributed by atoms with Gasteiger partial charge in [0.2, 0.25) is 0 Å². The van der Waals surface area contributed by atoms with Crippen LogP contribution < -0.4 is 5.32 Å². The van der Waals surface area contributed by atoms with Gasteiger partial charge in [-0.05, 0) is 51.0 Å². The number of nitrogens with one attached hydrogen (secondary N) is 1. The molecule has 8 heteroatoms. The zero-order chi connectivity index (χ0) is 20.4. The van der Waals surface area contributed by atoms with Gasteiger partial charge < -0.3 is 19.3 Å². The van der Waals surface area contributed by atoms with Crippen molar-refractivity contribution >= 4 is 28.8 Å². The second-order valence-corrected chi connectivity index (χ2v) is 9.40. The van der Waals surface area contributed by atoms with Gasteiger partial charge in [-0.2, -0.15) is 0 Å². The lowest BCUT2D eigenvalue weighted by atomic mass is 10.0. The number of rotatable bonds is 6. The monoisotopic (exact) mass is 432 g/mol. The number of amides is 1. The standard InChI is InChI=1S/C21H25ClN4O2S/c1-14(2)25-10-7-15(8-11-25)23-21(27)17-4-3-9-26(17)13-16-12-18(28-24-16)19-5-6-20(22)29-19/h3-6,9,12,14-15H,7-8,10-11,13H2,1-2H3,(H,23,27). The predicted octanol–water partition coefficient (Wildman–Crippen LogP) is 4.51. The van der Waals surface area contributed by atoms with Crippen LogP contribution in [0.1, 0.15) is 42.9 Å². The largest absolute Gasteiger partial charge is 0.355 e. The highest BCUT2D eigenvalue weighted by atomic mass is 35.5. The first-order chi connectivity index (χ1) is 14.0. The Balaban J connectivity index is 1.38. The Bertz CT molecular complexity index is 969. The molecule has 0 unspecified atom stereocenters. The van der Waals surface area contributed by atoms with E-state index in [9.17, 15) is 4.79 Å². The molecular formula is C21H25ClN4O2S. The lowest BCUT2D eigenvalue weighted by molar-refractivity contribution is 0.0892. The van der Waals surface area contributed by atoms with Crippen molar-refractivity contribution in [3.8, 4) is 10.6 Å². The minimum Gasteiger partial charge on any atom is -0.355 e. The molecule has 0 aromatic carbocycles. The number of piperidine rings is 1. The first-order valence-corrected chi connectivity index (χ1v) is 11.1. The van der Waals surface area contributed by atoms with Gasteiger partial charge in [0, 0.05) is 37.4 Å². The molecule has 1 N–H and O–H groups in total. The average Bonchev–Trinajstić information content (AvgIpc) is 3.43. The maximum absolute atomic E-state index is 12.8. The van der Waals surface area contributed by atoms with E-state index in [1.54, 1.807) is 0 Å². The number of carbonyl (C=O) groups excluding carboxylic acids is 1. The lowest BCUT2D eigenvalue weighted by Gasteiger charge is -2.34. The molecule has 4 heterocycles. The van der Waals surface area contributed by atoms with Crippen molar-refractivity contribution < 1.29 is 9.32 Å². The summed E-state index contributed by atoms with van der Waals surface area (Å²) in [6.07, 6.45) is 3.87. The molecule has 1 saturated heterocycles. The maximum atomic E-state index is 12.8. The van der Waals surface area contributed by atoms with Crippen molar-refractivity contribution in [2.75, 3.05) is 13.1 Å². The topological polar surface area (TPSA) is 63.3 Å². The first kappa shape index (κ1) is 20.2. The van der Waals surface area contributed by atoms with E-state index in [1.165, 1.54) is 11.3 Å². The Morgan fingerprint density at radius 2 is 2.14 bits per heavy atom. The van der Waals surface area contributed by atoms with Crippen LogP contribution in [0.2, 0.25) is 4.34 Å². The number of hydrogen-bond donors (Lipinski definition) is 1. The third-order valence-corrected chi connectivity index (χ3v) is 6.61. The Morgan fingerprint density at radius 1 is 1.34 bits per heavy atom. The fourth-order valence-electron chi connectivity index (χ4n) is 3.70. The van der Waals surface area contributed by atoms with Crippen molar-refractivity contribution in [2.45, 2.75) is 45.3 Å². The summed E-state index contributed by atoms with van der Waals surface area (Å²) in [6.45, 7) is 6.96. The Kier molecular flexibility index (Phi) is 6.08. The maximum Gasteiger partial charge on any atom is 0.268 e. The van der Waals surface area contributed by atoms with E-state index >= 15 is 0 Å². The summed E-state index contributed by atoms with van der Waals surface area (Å²) in [7, 11) is 0. The molecule has 29 heavy (non-hydrogen) atoms. The second kappa shape index (κ2) is 8.73. The molecule has 0 saturated carbocycles. The van der Waals surface area contributed by atoms with Crippen molar-refractivity contribution in [1.29, 1.82) is 0 Å². The van der Waals surface area contributed by atoms with Crippen LogP contribution in [0.15, 0.2) is 41.1 Å². The highest BCUT2D eigenvalue weighted by Gasteiger charge is 2.23. The highest BCUT2D eigenvalue weighted by Crippen LogP contribution is 2.31. The van der Waals surface area contributed by atoms with Crippen molar-refractivity contribution in [3.63, 3.8) is 0 Å². The minimum atomic E-state index is -0.0354. The van der Waals surface area contributed by atoms with Gasteiger partial charge in [-0.3, -0.25) is 4.79 Å². The molecule has 1 amide bonds. The van der Waals surface area contributed by atoms with Crippen molar-refractivity contribution in [3.05, 3.63) is 52.3 Å². The molecule has 0 radical (unpaired) electrons. The fourth-order valence-corrected chi connectivity index (χ4v) is 4.69. The molecule has 6 nitrogen and oxygen atoms in total. The van der Waals surface area contributed by atoms with Crippen LogP contribution in [0, 0.1) is 0 Å². The Hall–Kier alpha value is -2.09. The number of carbonyl (C=O) groups is 1. The van der Waals surface area contributed by atoms with E-state index in [1.807, 2.05) is 41.1 Å². The average molecular weight is 433 g/mol. The summed E-state index contributed by atoms with van der Waals surface area (Å²) >= 11 is 7.45. The van der Waals surface area contributed by atoms with Gasteiger partial charge in [-0.1, -0.05) is 16.8 Å². The molecule has 154 valence electrons. The summed E-state index contributed by atoms with van der Waals surface area (Å²) in [4.78, 5) is 16.2. The Labute approximate surface area is 179 Å². The van der Waals surface area contributed by atoms with Crippen LogP contribution >= 0.6 is 22.9 Å². The summed E-state index contributed by atoms with van der Waals surface area (Å²) in [5.74, 6) is 0.652. The third kappa shape index (κ3) is 4.74. The van der Waals surface area contributed by atoms with E-state index in [0.29, 0.717) is 28.4 Å². The minimum absolute atomic E-state index is 0.0354. The summed E-state index contributed by atoms with van der Waals surface area (Å²) in [5.41, 5.74) is 1.40. The number of halogens is 1. The van der Waals surface area contributed by atoms with E-state index in [-0.39, 0.29) is 11.9 Å². The number of likely N-dealkylation sites (tertiary alicyclic amines) is 1. The molecule has 0 bridgehead atoms. The van der Waals surface area contributed by atoms with Crippen LogP contribution in [-0.4, -0.2) is 45.7 Å². The van der Waals surface area contributed by atoms with Gasteiger partial charge in [0.15, 0.2) is 5.76 Å². The summed E-state index contributed by atoms with van der Waals surface area (Å²) in [6, 6.07) is 10.2. The summed E-state index contributed by atoms with van der Waals surface area (Å²) < 4.78 is 8.06. The van der Waals surface area contributed by atoms with Crippen LogP contribution in [0.4, 0.5) is 0 Å². The molecule has 3 aromatic heterocycles. The zero-order valence-electron chi connectivity index (χ0n) is 16.6. The van der Waals surface area contributed by atoms with Crippen molar-refractivity contribution in [1.82, 2.24) is 19.9 Å². The second-order valence-electron chi connectivity index (χ2n) is 7.69. The van der Waals surface area contributed by atoms with Gasteiger partial charge in [-0.15, -0.1) is 11.3 Å². The van der Waals surface area contributed by atoms with Crippen LogP contribution in [0.25, 0.3) is 10.6 Å². The number of thiophene rings is 1. The van der Waals surface area contributed by atoms with Gasteiger partial charge in [0.1, 0.15) is 11.4 Å². The van der Waals surface area contributed by atoms with Gasteiger partial charge >= 0.3 is 0 Å². The quantitative estimate of drug-likeness (QED) is 0.622. The lowest BCUT2D eigenvalue weighted by Crippen LogP contribution is -2.46. The molecule has 0 aliphatic carbocycles. The predicted molar refractivity (Wildman–Crippen MR) is 116 cm³/mol. The molecule has 1 fully saturated rings. The van der Waals surface area contributed by atoms with Crippen LogP contribution in [0.3, 0.4) is 0 Å². The highest BCUT2D eigenvalue weighted by molar-refractivity contribution is 7.19. The SMILES string of the molecule is CC(C)N1CCC(NC(=O)c2cccn2Cc2cc(-c3ccc(Cl)s3)on2)CC1. The molecule has 4 rings (SSSR count). The number of hydrogen-bond acceptors (Lipinski definition) is 5. The molecule has 1 aliphatic rings. The van der Waals surface area contributed by atoms with Crippen molar-refractivity contribution in [2.24, 2.45) is 0 Å². The van der Waals surface area contributed by atoms with Gasteiger partial charge in [0.05, 0.1) is 15.8 Å². The Morgan fingerprint density at radius 3 is 2.83 bits per heavy atom. The molecule has 3 aromatic rings. The number of aromatic nitrogens is 2.